The number of anilines is 1. The average Bonchev–Trinajstić information content (AvgIpc) is 2.59. The average molecular weight is 341 g/mol. The third kappa shape index (κ3) is 3.00. The van der Waals surface area contributed by atoms with Crippen molar-refractivity contribution in [2.45, 2.75) is 4.90 Å². The Labute approximate surface area is 143 Å². The van der Waals surface area contributed by atoms with Gasteiger partial charge in [-0.1, -0.05) is 23.9 Å². The van der Waals surface area contributed by atoms with Crippen LogP contribution in [-0.2, 0) is 4.79 Å². The van der Waals surface area contributed by atoms with Gasteiger partial charge in [0.2, 0.25) is 0 Å². The highest BCUT2D eigenvalue weighted by molar-refractivity contribution is 8.04. The minimum Gasteiger partial charge on any atom is -0.497 e. The van der Waals surface area contributed by atoms with Gasteiger partial charge in [0, 0.05) is 11.9 Å². The lowest BCUT2D eigenvalue weighted by Gasteiger charge is -2.27. The number of benzene rings is 2. The molecule has 1 N–H and O–H groups in total. The Bertz CT molecular complexity index is 843. The first kappa shape index (κ1) is 16.1. The largest absolute Gasteiger partial charge is 0.497 e. The van der Waals surface area contributed by atoms with E-state index in [1.165, 1.54) is 22.7 Å². The van der Waals surface area contributed by atoms with E-state index in [0.29, 0.717) is 10.6 Å². The fourth-order valence-electron chi connectivity index (χ4n) is 2.38. The zero-order chi connectivity index (χ0) is 17.3. The predicted molar refractivity (Wildman–Crippen MR) is 93.6 cm³/mol. The van der Waals surface area contributed by atoms with E-state index in [2.05, 4.69) is 0 Å². The number of ether oxygens (including phenoxy) is 1. The Balaban J connectivity index is 1.96. The first-order valence-corrected chi connectivity index (χ1v) is 8.00. The van der Waals surface area contributed by atoms with Gasteiger partial charge in [-0.15, -0.1) is 0 Å². The monoisotopic (exact) mass is 341 g/mol. The number of amides is 1. The number of hydrogen-bond donors (Lipinski definition) is 1. The molecule has 0 fully saturated rings. The molecule has 0 aromatic heterocycles. The second kappa shape index (κ2) is 6.41. The van der Waals surface area contributed by atoms with Gasteiger partial charge >= 0.3 is 5.97 Å². The zero-order valence-electron chi connectivity index (χ0n) is 13.1. The molecule has 0 aliphatic carbocycles. The van der Waals surface area contributed by atoms with Crippen LogP contribution in [0.5, 0.6) is 5.75 Å². The van der Waals surface area contributed by atoms with Gasteiger partial charge in [-0.3, -0.25) is 4.79 Å². The molecule has 0 saturated heterocycles. The van der Waals surface area contributed by atoms with E-state index in [0.717, 1.165) is 16.2 Å². The number of carbonyl (C=O) groups is 2. The molecule has 1 aliphatic rings. The van der Waals surface area contributed by atoms with Crippen LogP contribution < -0.4 is 9.64 Å². The van der Waals surface area contributed by atoms with Gasteiger partial charge in [0.1, 0.15) is 5.75 Å². The normalized spacial score (nSPS) is 15.3. The Kier molecular flexibility index (Phi) is 4.31. The first-order chi connectivity index (χ1) is 11.5. The van der Waals surface area contributed by atoms with Gasteiger partial charge in [0.15, 0.2) is 0 Å². The summed E-state index contributed by atoms with van der Waals surface area (Å²) in [7, 11) is 3.25. The molecule has 0 unspecified atom stereocenters. The summed E-state index contributed by atoms with van der Waals surface area (Å²) in [6.07, 6.45) is 1.82. The van der Waals surface area contributed by atoms with Gasteiger partial charge < -0.3 is 14.7 Å². The van der Waals surface area contributed by atoms with Gasteiger partial charge in [-0.25, -0.2) is 4.79 Å². The lowest BCUT2D eigenvalue weighted by atomic mass is 10.1. The molecule has 0 radical (unpaired) electrons. The smallest absolute Gasteiger partial charge is 0.335 e. The summed E-state index contributed by atoms with van der Waals surface area (Å²) in [5, 5.41) is 9.10. The maximum atomic E-state index is 12.6. The molecule has 0 saturated carbocycles. The van der Waals surface area contributed by atoms with E-state index in [1.54, 1.807) is 26.3 Å². The second-order valence-electron chi connectivity index (χ2n) is 5.24. The van der Waals surface area contributed by atoms with Crippen molar-refractivity contribution in [2.75, 3.05) is 19.1 Å². The van der Waals surface area contributed by atoms with Crippen LogP contribution in [0.4, 0.5) is 5.69 Å². The molecule has 2 aromatic rings. The summed E-state index contributed by atoms with van der Waals surface area (Å²) >= 11 is 1.34. The van der Waals surface area contributed by atoms with Crippen LogP contribution in [0.25, 0.3) is 6.08 Å². The molecule has 2 aromatic carbocycles. The fourth-order valence-corrected chi connectivity index (χ4v) is 3.47. The quantitative estimate of drug-likeness (QED) is 0.866. The van der Waals surface area contributed by atoms with E-state index >= 15 is 0 Å². The number of thioether (sulfide) groups is 1. The van der Waals surface area contributed by atoms with Crippen molar-refractivity contribution in [3.8, 4) is 5.75 Å². The van der Waals surface area contributed by atoms with Gasteiger partial charge in [-0.2, -0.15) is 0 Å². The van der Waals surface area contributed by atoms with Crippen LogP contribution >= 0.6 is 11.8 Å². The Morgan fingerprint density at radius 3 is 2.54 bits per heavy atom. The zero-order valence-corrected chi connectivity index (χ0v) is 14.0. The van der Waals surface area contributed by atoms with Crippen LogP contribution in [0.2, 0.25) is 0 Å². The van der Waals surface area contributed by atoms with Crippen molar-refractivity contribution in [2.24, 2.45) is 0 Å². The Morgan fingerprint density at radius 2 is 1.92 bits per heavy atom. The SMILES string of the molecule is COc1ccc(/C=C2\Sc3ccc(C(=O)O)cc3N(C)C2=O)cc1. The minimum absolute atomic E-state index is 0.161. The van der Waals surface area contributed by atoms with Crippen molar-refractivity contribution in [1.29, 1.82) is 0 Å². The lowest BCUT2D eigenvalue weighted by molar-refractivity contribution is -0.114. The van der Waals surface area contributed by atoms with Crippen LogP contribution in [0.1, 0.15) is 15.9 Å². The number of carbonyl (C=O) groups excluding carboxylic acids is 1. The number of hydrogen-bond acceptors (Lipinski definition) is 4. The Morgan fingerprint density at radius 1 is 1.21 bits per heavy atom. The topological polar surface area (TPSA) is 66.8 Å². The Hall–Kier alpha value is -2.73. The van der Waals surface area contributed by atoms with Gasteiger partial charge in [0.25, 0.3) is 5.91 Å². The minimum atomic E-state index is -1.01. The fraction of sp³-hybridized carbons (Fsp3) is 0.111. The first-order valence-electron chi connectivity index (χ1n) is 7.18. The second-order valence-corrected chi connectivity index (χ2v) is 6.32. The van der Waals surface area contributed by atoms with E-state index in [1.807, 2.05) is 30.3 Å². The lowest BCUT2D eigenvalue weighted by Crippen LogP contribution is -2.30. The molecule has 0 atom stereocenters. The maximum absolute atomic E-state index is 12.6. The summed E-state index contributed by atoms with van der Waals surface area (Å²) in [5.41, 5.74) is 1.67. The third-order valence-corrected chi connectivity index (χ3v) is 4.79. The molecule has 3 rings (SSSR count). The molecule has 1 amide bonds. The van der Waals surface area contributed by atoms with Gasteiger partial charge in [0.05, 0.1) is 23.3 Å². The van der Waals surface area contributed by atoms with Crippen LogP contribution in [0.15, 0.2) is 52.3 Å². The summed E-state index contributed by atoms with van der Waals surface area (Å²) in [5.74, 6) is -0.419. The van der Waals surface area contributed by atoms with Crippen molar-refractivity contribution >= 4 is 35.4 Å². The molecule has 0 spiro atoms. The molecule has 24 heavy (non-hydrogen) atoms. The molecule has 0 bridgehead atoms. The van der Waals surface area contributed by atoms with Crippen LogP contribution in [0, 0.1) is 0 Å². The van der Waals surface area contributed by atoms with Crippen molar-refractivity contribution < 1.29 is 19.4 Å². The van der Waals surface area contributed by atoms with E-state index in [9.17, 15) is 9.59 Å². The number of carboxylic acids is 1. The molecular weight excluding hydrogens is 326 g/mol. The highest BCUT2D eigenvalue weighted by Gasteiger charge is 2.27. The summed E-state index contributed by atoms with van der Waals surface area (Å²) in [6, 6.07) is 12.2. The summed E-state index contributed by atoms with van der Waals surface area (Å²) in [4.78, 5) is 26.6. The van der Waals surface area contributed by atoms with E-state index < -0.39 is 5.97 Å². The highest BCUT2D eigenvalue weighted by atomic mass is 32.2. The van der Waals surface area contributed by atoms with Crippen molar-refractivity contribution in [3.63, 3.8) is 0 Å². The number of aromatic carboxylic acids is 1. The van der Waals surface area contributed by atoms with E-state index in [-0.39, 0.29) is 11.5 Å². The molecular formula is C18H15NO4S. The third-order valence-electron chi connectivity index (χ3n) is 3.72. The molecule has 6 heteroatoms. The number of nitrogens with zero attached hydrogens (tertiary/aromatic N) is 1. The number of fused-ring (bicyclic) bond motifs is 1. The molecule has 5 nitrogen and oxygen atoms in total. The number of methoxy groups -OCH3 is 1. The molecule has 1 aliphatic heterocycles. The predicted octanol–water partition coefficient (Wildman–Crippen LogP) is 3.50. The number of rotatable bonds is 3. The summed E-state index contributed by atoms with van der Waals surface area (Å²) in [6.45, 7) is 0. The molecule has 1 heterocycles. The van der Waals surface area contributed by atoms with Crippen molar-refractivity contribution in [3.05, 3.63) is 58.5 Å². The van der Waals surface area contributed by atoms with E-state index in [4.69, 9.17) is 9.84 Å². The standard InChI is InChI=1S/C18H15NO4S/c1-19-14-10-12(18(21)22)5-8-15(14)24-16(17(19)20)9-11-3-6-13(23-2)7-4-11/h3-10H,1-2H3,(H,21,22)/b16-9-. The van der Waals surface area contributed by atoms with Gasteiger partial charge in [-0.05, 0) is 42.0 Å². The van der Waals surface area contributed by atoms with Crippen LogP contribution in [-0.4, -0.2) is 31.1 Å². The number of carboxylic acid groups (broad SMARTS) is 1. The number of likely N-dealkylation sites (N-methyl/N-ethyl adjacent to an activating group) is 1. The van der Waals surface area contributed by atoms with Crippen molar-refractivity contribution in [1.82, 2.24) is 0 Å². The maximum Gasteiger partial charge on any atom is 0.335 e. The molecule has 122 valence electrons. The van der Waals surface area contributed by atoms with Crippen LogP contribution in [0.3, 0.4) is 0 Å². The highest BCUT2D eigenvalue weighted by Crippen LogP contribution is 2.42. The summed E-state index contributed by atoms with van der Waals surface area (Å²) < 4.78 is 5.13.